The monoisotopic (exact) mass is 388 g/mol. The van der Waals surface area contributed by atoms with Crippen LogP contribution in [0.2, 0.25) is 0 Å². The van der Waals surface area contributed by atoms with Crippen LogP contribution in [0.15, 0.2) is 48.5 Å². The second kappa shape index (κ2) is 9.62. The maximum Gasteiger partial charge on any atom is 0.416 e. The summed E-state index contributed by atoms with van der Waals surface area (Å²) < 4.78 is 38.1. The molecule has 3 heteroatoms. The van der Waals surface area contributed by atoms with Gasteiger partial charge in [0.2, 0.25) is 0 Å². The van der Waals surface area contributed by atoms with E-state index in [-0.39, 0.29) is 0 Å². The van der Waals surface area contributed by atoms with E-state index in [1.54, 1.807) is 12.1 Å². The van der Waals surface area contributed by atoms with Crippen molar-refractivity contribution in [2.24, 2.45) is 5.92 Å². The number of alkyl halides is 3. The highest BCUT2D eigenvalue weighted by Gasteiger charge is 2.30. The minimum atomic E-state index is -4.28. The normalized spacial score (nSPS) is 20.3. The quantitative estimate of drug-likeness (QED) is 0.416. The third kappa shape index (κ3) is 5.62. The molecule has 0 nitrogen and oxygen atoms in total. The summed E-state index contributed by atoms with van der Waals surface area (Å²) in [5, 5.41) is 0. The predicted octanol–water partition coefficient (Wildman–Crippen LogP) is 8.62. The van der Waals surface area contributed by atoms with Crippen molar-refractivity contribution in [2.75, 3.05) is 0 Å². The van der Waals surface area contributed by atoms with E-state index in [1.807, 2.05) is 0 Å². The van der Waals surface area contributed by atoms with Crippen LogP contribution >= 0.6 is 0 Å². The van der Waals surface area contributed by atoms with Gasteiger partial charge in [-0.15, -0.1) is 0 Å². The van der Waals surface area contributed by atoms with E-state index < -0.39 is 11.7 Å². The van der Waals surface area contributed by atoms with Crippen LogP contribution in [0, 0.1) is 5.92 Å². The van der Waals surface area contributed by atoms with Crippen molar-refractivity contribution in [3.05, 3.63) is 59.7 Å². The van der Waals surface area contributed by atoms with Gasteiger partial charge >= 0.3 is 6.18 Å². The van der Waals surface area contributed by atoms with Crippen LogP contribution in [0.4, 0.5) is 13.2 Å². The molecule has 152 valence electrons. The lowest BCUT2D eigenvalue weighted by Gasteiger charge is -2.29. The summed E-state index contributed by atoms with van der Waals surface area (Å²) in [6.07, 6.45) is 7.71. The summed E-state index contributed by atoms with van der Waals surface area (Å²) in [5.74, 6) is 1.54. The molecule has 0 radical (unpaired) electrons. The molecular weight excluding hydrogens is 357 g/mol. The zero-order valence-corrected chi connectivity index (χ0v) is 16.8. The van der Waals surface area contributed by atoms with Gasteiger partial charge in [0.1, 0.15) is 0 Å². The lowest BCUT2D eigenvalue weighted by atomic mass is 9.77. The molecule has 0 spiro atoms. The zero-order chi connectivity index (χ0) is 20.0. The van der Waals surface area contributed by atoms with E-state index >= 15 is 0 Å². The van der Waals surface area contributed by atoms with Crippen molar-refractivity contribution in [1.29, 1.82) is 0 Å². The first-order chi connectivity index (χ1) is 13.5. The molecule has 1 fully saturated rings. The van der Waals surface area contributed by atoms with Gasteiger partial charge in [-0.2, -0.15) is 13.2 Å². The average Bonchev–Trinajstić information content (AvgIpc) is 2.71. The maximum atomic E-state index is 12.7. The Morgan fingerprint density at radius 2 is 1.32 bits per heavy atom. The van der Waals surface area contributed by atoms with Gasteiger partial charge in [-0.25, -0.2) is 0 Å². The third-order valence-electron chi connectivity index (χ3n) is 6.24. The van der Waals surface area contributed by atoms with Gasteiger partial charge in [0.25, 0.3) is 0 Å². The van der Waals surface area contributed by atoms with Crippen molar-refractivity contribution in [1.82, 2.24) is 0 Å². The van der Waals surface area contributed by atoms with Crippen LogP contribution in [-0.2, 0) is 6.18 Å². The molecular formula is C25H31F3. The minimum Gasteiger partial charge on any atom is -0.166 e. The Balaban J connectivity index is 1.54. The Hall–Kier alpha value is -1.77. The Bertz CT molecular complexity index is 705. The first-order valence-electron chi connectivity index (χ1n) is 10.7. The second-order valence-corrected chi connectivity index (χ2v) is 8.26. The molecule has 0 unspecified atom stereocenters. The fourth-order valence-electron chi connectivity index (χ4n) is 4.44. The predicted molar refractivity (Wildman–Crippen MR) is 110 cm³/mol. The Morgan fingerprint density at radius 3 is 1.86 bits per heavy atom. The van der Waals surface area contributed by atoms with E-state index in [0.29, 0.717) is 5.92 Å². The van der Waals surface area contributed by atoms with Crippen LogP contribution in [0.5, 0.6) is 0 Å². The minimum absolute atomic E-state index is 0.598. The highest BCUT2D eigenvalue weighted by molar-refractivity contribution is 5.64. The van der Waals surface area contributed by atoms with Crippen LogP contribution in [0.3, 0.4) is 0 Å². The molecule has 3 rings (SSSR count). The molecule has 0 aromatic heterocycles. The first-order valence-corrected chi connectivity index (χ1v) is 10.7. The zero-order valence-electron chi connectivity index (χ0n) is 16.8. The summed E-state index contributed by atoms with van der Waals surface area (Å²) in [7, 11) is 0. The van der Waals surface area contributed by atoms with Gasteiger partial charge < -0.3 is 0 Å². The van der Waals surface area contributed by atoms with Crippen LogP contribution in [-0.4, -0.2) is 0 Å². The van der Waals surface area contributed by atoms with Gasteiger partial charge in [0.05, 0.1) is 5.56 Å². The van der Waals surface area contributed by atoms with Gasteiger partial charge in [0.15, 0.2) is 0 Å². The molecule has 28 heavy (non-hydrogen) atoms. The van der Waals surface area contributed by atoms with Gasteiger partial charge in [-0.3, -0.25) is 0 Å². The van der Waals surface area contributed by atoms with Crippen molar-refractivity contribution >= 4 is 0 Å². The molecule has 0 bridgehead atoms. The molecule has 1 aliphatic rings. The lowest BCUT2D eigenvalue weighted by molar-refractivity contribution is -0.137. The van der Waals surface area contributed by atoms with Crippen LogP contribution in [0.1, 0.15) is 81.8 Å². The van der Waals surface area contributed by atoms with Crippen molar-refractivity contribution in [2.45, 2.75) is 76.8 Å². The number of hydrogen-bond donors (Lipinski definition) is 0. The summed E-state index contributed by atoms with van der Waals surface area (Å²) in [6, 6.07) is 13.9. The fraction of sp³-hybridized carbons (Fsp3) is 0.520. The van der Waals surface area contributed by atoms with Crippen molar-refractivity contribution in [3.63, 3.8) is 0 Å². The van der Waals surface area contributed by atoms with Gasteiger partial charge in [-0.05, 0) is 66.3 Å². The molecule has 2 aromatic rings. The molecule has 0 N–H and O–H groups in total. The number of benzene rings is 2. The fourth-order valence-corrected chi connectivity index (χ4v) is 4.44. The number of halogens is 3. The Morgan fingerprint density at radius 1 is 0.750 bits per heavy atom. The molecule has 0 saturated heterocycles. The topological polar surface area (TPSA) is 0 Å². The number of rotatable bonds is 7. The van der Waals surface area contributed by atoms with Crippen LogP contribution in [0.25, 0.3) is 11.1 Å². The molecule has 1 saturated carbocycles. The molecule has 0 amide bonds. The summed E-state index contributed by atoms with van der Waals surface area (Å²) in [4.78, 5) is 0. The molecule has 0 atom stereocenters. The Labute approximate surface area is 167 Å². The maximum absolute atomic E-state index is 12.7. The van der Waals surface area contributed by atoms with E-state index in [4.69, 9.17) is 0 Å². The summed E-state index contributed by atoms with van der Waals surface area (Å²) in [6.45, 7) is 2.26. The molecule has 0 heterocycles. The molecule has 0 aliphatic heterocycles. The highest BCUT2D eigenvalue weighted by Crippen LogP contribution is 2.38. The third-order valence-corrected chi connectivity index (χ3v) is 6.24. The van der Waals surface area contributed by atoms with Gasteiger partial charge in [0, 0.05) is 0 Å². The summed E-state index contributed by atoms with van der Waals surface area (Å²) >= 11 is 0. The van der Waals surface area contributed by atoms with E-state index in [2.05, 4.69) is 31.2 Å². The first kappa shape index (κ1) is 21.0. The summed E-state index contributed by atoms with van der Waals surface area (Å²) in [5.41, 5.74) is 2.58. The van der Waals surface area contributed by atoms with Crippen LogP contribution < -0.4 is 0 Å². The van der Waals surface area contributed by atoms with Crippen molar-refractivity contribution < 1.29 is 13.2 Å². The standard InChI is InChI=1S/C25H31F3/c1-2-3-4-5-6-19-7-9-20(10-8-19)21-11-13-22(14-12-21)23-15-17-24(18-16-23)25(26,27)28/h11-20H,2-10H2,1H3. The molecule has 2 aromatic carbocycles. The highest BCUT2D eigenvalue weighted by atomic mass is 19.4. The second-order valence-electron chi connectivity index (χ2n) is 8.26. The van der Waals surface area contributed by atoms with E-state index in [1.165, 1.54) is 63.4 Å². The van der Waals surface area contributed by atoms with E-state index in [0.717, 1.165) is 29.2 Å². The SMILES string of the molecule is CCCCCCC1CCC(c2ccc(-c3ccc(C(F)(F)F)cc3)cc2)CC1. The Kier molecular flexibility index (Phi) is 7.20. The largest absolute Gasteiger partial charge is 0.416 e. The average molecular weight is 389 g/mol. The van der Waals surface area contributed by atoms with Gasteiger partial charge in [-0.1, -0.05) is 75.4 Å². The number of hydrogen-bond acceptors (Lipinski definition) is 0. The lowest BCUT2D eigenvalue weighted by Crippen LogP contribution is -2.13. The number of unbranched alkanes of at least 4 members (excludes halogenated alkanes) is 3. The van der Waals surface area contributed by atoms with Crippen molar-refractivity contribution in [3.8, 4) is 11.1 Å². The molecule has 1 aliphatic carbocycles. The van der Waals surface area contributed by atoms with E-state index in [9.17, 15) is 13.2 Å². The smallest absolute Gasteiger partial charge is 0.166 e.